The maximum Gasteiger partial charge on any atom is 0.303 e. The Hall–Kier alpha value is -0.940. The Kier molecular flexibility index (Phi) is 7.78. The van der Waals surface area contributed by atoms with E-state index in [4.69, 9.17) is 14.2 Å². The smallest absolute Gasteiger partial charge is 0.303 e. The number of esters is 1. The topological polar surface area (TPSA) is 61.8 Å². The third-order valence-electron chi connectivity index (χ3n) is 2.02. The standard InChI is InChI=1S/C13H24O5/c1-8(2)16-13(17-9(3)4)7-12(10(5)14)18-11(6)15/h8-9,12-13H,7H2,1-6H3. The lowest BCUT2D eigenvalue weighted by Crippen LogP contribution is -2.34. The minimum atomic E-state index is -0.815. The van der Waals surface area contributed by atoms with Crippen molar-refractivity contribution >= 4 is 11.8 Å². The zero-order valence-electron chi connectivity index (χ0n) is 12.1. The number of carbonyl (C=O) groups is 2. The van der Waals surface area contributed by atoms with Gasteiger partial charge in [0.2, 0.25) is 0 Å². The lowest BCUT2D eigenvalue weighted by Gasteiger charge is -2.25. The van der Waals surface area contributed by atoms with Crippen molar-refractivity contribution in [3.63, 3.8) is 0 Å². The number of ketones is 1. The van der Waals surface area contributed by atoms with E-state index in [1.54, 1.807) is 0 Å². The van der Waals surface area contributed by atoms with Gasteiger partial charge in [-0.05, 0) is 34.6 Å². The van der Waals surface area contributed by atoms with Crippen LogP contribution >= 0.6 is 0 Å². The van der Waals surface area contributed by atoms with Crippen LogP contribution in [0, 0.1) is 0 Å². The van der Waals surface area contributed by atoms with E-state index in [2.05, 4.69) is 0 Å². The number of rotatable bonds is 8. The number of ether oxygens (including phenoxy) is 3. The second-order valence-corrected chi connectivity index (χ2v) is 4.74. The van der Waals surface area contributed by atoms with Crippen molar-refractivity contribution in [2.24, 2.45) is 0 Å². The third-order valence-corrected chi connectivity index (χ3v) is 2.02. The zero-order valence-corrected chi connectivity index (χ0v) is 12.1. The summed E-state index contributed by atoms with van der Waals surface area (Å²) in [7, 11) is 0. The summed E-state index contributed by atoms with van der Waals surface area (Å²) in [5, 5.41) is 0. The van der Waals surface area contributed by atoms with E-state index in [-0.39, 0.29) is 24.4 Å². The molecule has 0 saturated carbocycles. The third kappa shape index (κ3) is 8.20. The molecule has 0 bridgehead atoms. The van der Waals surface area contributed by atoms with Crippen LogP contribution in [-0.4, -0.2) is 36.4 Å². The Morgan fingerprint density at radius 2 is 1.39 bits per heavy atom. The first-order valence-corrected chi connectivity index (χ1v) is 6.21. The van der Waals surface area contributed by atoms with Crippen molar-refractivity contribution in [3.05, 3.63) is 0 Å². The fraction of sp³-hybridized carbons (Fsp3) is 0.846. The van der Waals surface area contributed by atoms with Gasteiger partial charge < -0.3 is 14.2 Å². The molecular weight excluding hydrogens is 236 g/mol. The van der Waals surface area contributed by atoms with E-state index in [0.717, 1.165) is 0 Å². The molecule has 0 rings (SSSR count). The zero-order chi connectivity index (χ0) is 14.3. The number of Topliss-reactive ketones (excluding diaryl/α,β-unsaturated/α-hetero) is 1. The summed E-state index contributed by atoms with van der Waals surface area (Å²) in [6.45, 7) is 10.2. The lowest BCUT2D eigenvalue weighted by atomic mass is 10.1. The molecule has 5 heteroatoms. The normalized spacial score (nSPS) is 13.2. The second-order valence-electron chi connectivity index (χ2n) is 4.74. The predicted octanol–water partition coefficient (Wildman–Crippen LogP) is 2.07. The molecule has 0 aromatic carbocycles. The number of hydrogen-bond acceptors (Lipinski definition) is 5. The van der Waals surface area contributed by atoms with E-state index < -0.39 is 18.4 Å². The van der Waals surface area contributed by atoms with Crippen LogP contribution in [0.2, 0.25) is 0 Å². The molecular formula is C13H24O5. The van der Waals surface area contributed by atoms with Crippen LogP contribution in [0.3, 0.4) is 0 Å². The molecule has 1 unspecified atom stereocenters. The maximum atomic E-state index is 11.4. The van der Waals surface area contributed by atoms with Gasteiger partial charge in [0.25, 0.3) is 0 Å². The van der Waals surface area contributed by atoms with Gasteiger partial charge >= 0.3 is 5.97 Å². The van der Waals surface area contributed by atoms with Crippen LogP contribution in [-0.2, 0) is 23.8 Å². The van der Waals surface area contributed by atoms with Crippen LogP contribution in [0.25, 0.3) is 0 Å². The molecule has 0 aromatic rings. The molecule has 0 spiro atoms. The first-order valence-electron chi connectivity index (χ1n) is 6.21. The average Bonchev–Trinajstić information content (AvgIpc) is 2.13. The first kappa shape index (κ1) is 17.1. The largest absolute Gasteiger partial charge is 0.454 e. The molecule has 106 valence electrons. The van der Waals surface area contributed by atoms with Crippen LogP contribution in [0.1, 0.15) is 48.0 Å². The van der Waals surface area contributed by atoms with Gasteiger partial charge in [-0.1, -0.05) is 0 Å². The quantitative estimate of drug-likeness (QED) is 0.494. The SMILES string of the molecule is CC(=O)OC(CC(OC(C)C)OC(C)C)C(C)=O. The highest BCUT2D eigenvalue weighted by Crippen LogP contribution is 2.13. The molecule has 0 aliphatic carbocycles. The molecule has 1 atom stereocenters. The summed E-state index contributed by atoms with van der Waals surface area (Å²) in [6.07, 6.45) is -1.22. The van der Waals surface area contributed by atoms with Gasteiger partial charge in [0.05, 0.1) is 12.2 Å². The van der Waals surface area contributed by atoms with Crippen molar-refractivity contribution in [3.8, 4) is 0 Å². The molecule has 0 saturated heterocycles. The maximum absolute atomic E-state index is 11.4. The van der Waals surface area contributed by atoms with Crippen molar-refractivity contribution < 1.29 is 23.8 Å². The minimum absolute atomic E-state index is 0.0290. The van der Waals surface area contributed by atoms with Crippen LogP contribution in [0.4, 0.5) is 0 Å². The van der Waals surface area contributed by atoms with Gasteiger partial charge in [-0.15, -0.1) is 0 Å². The van der Waals surface area contributed by atoms with E-state index in [1.165, 1.54) is 13.8 Å². The summed E-state index contributed by atoms with van der Waals surface area (Å²) in [5.74, 6) is -0.696. The van der Waals surface area contributed by atoms with E-state index in [1.807, 2.05) is 27.7 Å². The van der Waals surface area contributed by atoms with Crippen molar-refractivity contribution in [1.29, 1.82) is 0 Å². The fourth-order valence-electron chi connectivity index (χ4n) is 1.42. The first-order chi connectivity index (χ1) is 8.22. The summed E-state index contributed by atoms with van der Waals surface area (Å²) in [4.78, 5) is 22.3. The Labute approximate surface area is 109 Å². The van der Waals surface area contributed by atoms with Crippen molar-refractivity contribution in [1.82, 2.24) is 0 Å². The van der Waals surface area contributed by atoms with Crippen molar-refractivity contribution in [2.45, 2.75) is 72.6 Å². The molecule has 0 heterocycles. The highest BCUT2D eigenvalue weighted by molar-refractivity contribution is 5.83. The molecule has 0 aliphatic heterocycles. The molecule has 18 heavy (non-hydrogen) atoms. The van der Waals surface area contributed by atoms with Crippen LogP contribution < -0.4 is 0 Å². The van der Waals surface area contributed by atoms with Gasteiger partial charge in [-0.25, -0.2) is 0 Å². The molecule has 0 aromatic heterocycles. The molecule has 0 fully saturated rings. The number of carbonyl (C=O) groups excluding carboxylic acids is 2. The van der Waals surface area contributed by atoms with Gasteiger partial charge in [0, 0.05) is 13.3 Å². The van der Waals surface area contributed by atoms with E-state index in [9.17, 15) is 9.59 Å². The van der Waals surface area contributed by atoms with Crippen LogP contribution in [0.15, 0.2) is 0 Å². The van der Waals surface area contributed by atoms with Crippen molar-refractivity contribution in [2.75, 3.05) is 0 Å². The second kappa shape index (κ2) is 8.21. The van der Waals surface area contributed by atoms with Gasteiger partial charge in [0.1, 0.15) is 0 Å². The fourth-order valence-corrected chi connectivity index (χ4v) is 1.42. The molecule has 5 nitrogen and oxygen atoms in total. The summed E-state index contributed by atoms with van der Waals surface area (Å²) in [5.41, 5.74) is 0. The highest BCUT2D eigenvalue weighted by atomic mass is 16.7. The van der Waals surface area contributed by atoms with Gasteiger partial charge in [-0.2, -0.15) is 0 Å². The van der Waals surface area contributed by atoms with Gasteiger partial charge in [0.15, 0.2) is 18.2 Å². The van der Waals surface area contributed by atoms with E-state index >= 15 is 0 Å². The minimum Gasteiger partial charge on any atom is -0.454 e. The summed E-state index contributed by atoms with van der Waals surface area (Å²) >= 11 is 0. The monoisotopic (exact) mass is 260 g/mol. The summed E-state index contributed by atoms with van der Waals surface area (Å²) in [6, 6.07) is 0. The summed E-state index contributed by atoms with van der Waals surface area (Å²) < 4.78 is 16.1. The molecule has 0 N–H and O–H groups in total. The molecule has 0 radical (unpaired) electrons. The highest BCUT2D eigenvalue weighted by Gasteiger charge is 2.25. The predicted molar refractivity (Wildman–Crippen MR) is 67.1 cm³/mol. The Morgan fingerprint density at radius 3 is 1.67 bits per heavy atom. The van der Waals surface area contributed by atoms with Gasteiger partial charge in [-0.3, -0.25) is 9.59 Å². The van der Waals surface area contributed by atoms with E-state index in [0.29, 0.717) is 0 Å². The number of hydrogen-bond donors (Lipinski definition) is 0. The van der Waals surface area contributed by atoms with Crippen LogP contribution in [0.5, 0.6) is 0 Å². The average molecular weight is 260 g/mol. The molecule has 0 amide bonds. The Balaban J connectivity index is 4.57. The Bertz CT molecular complexity index is 263. The lowest BCUT2D eigenvalue weighted by molar-refractivity contribution is -0.198. The molecule has 0 aliphatic rings. The Morgan fingerprint density at radius 1 is 0.944 bits per heavy atom.